The molecule has 0 heterocycles. The Morgan fingerprint density at radius 2 is 0.515 bits per heavy atom. The lowest BCUT2D eigenvalue weighted by atomic mass is 9.99. The maximum absolute atomic E-state index is 13.1. The summed E-state index contributed by atoms with van der Waals surface area (Å²) in [7, 11) is -9.92. The van der Waals surface area contributed by atoms with Gasteiger partial charge < -0.3 is 33.8 Å². The molecule has 19 heteroatoms. The second-order valence-electron chi connectivity index (χ2n) is 30.0. The Hall–Kier alpha value is -1.94. The quantitative estimate of drug-likeness (QED) is 0.0222. The van der Waals surface area contributed by atoms with Crippen molar-refractivity contribution in [2.75, 3.05) is 39.6 Å². The zero-order valence-electron chi connectivity index (χ0n) is 65.0. The first-order valence-corrected chi connectivity index (χ1v) is 44.4. The van der Waals surface area contributed by atoms with Gasteiger partial charge in [-0.15, -0.1) is 0 Å². The van der Waals surface area contributed by atoms with E-state index in [-0.39, 0.29) is 25.7 Å². The lowest BCUT2D eigenvalue weighted by Crippen LogP contribution is -2.30. The summed E-state index contributed by atoms with van der Waals surface area (Å²) in [4.78, 5) is 72.9. The van der Waals surface area contributed by atoms with Crippen LogP contribution < -0.4 is 0 Å². The molecular weight excluding hydrogens is 1290 g/mol. The fraction of sp³-hybridized carbons (Fsp3) is 0.950. The Morgan fingerprint density at radius 3 is 0.768 bits per heavy atom. The number of hydrogen-bond acceptors (Lipinski definition) is 15. The summed E-state index contributed by atoms with van der Waals surface area (Å²) in [6.07, 6.45) is 58.4. The van der Waals surface area contributed by atoms with Crippen molar-refractivity contribution in [2.45, 2.75) is 433 Å². The van der Waals surface area contributed by atoms with Crippen molar-refractivity contribution < 1.29 is 80.2 Å². The number of phosphoric acid groups is 2. The molecule has 0 aliphatic heterocycles. The van der Waals surface area contributed by atoms with Crippen LogP contribution in [0.3, 0.4) is 0 Å². The van der Waals surface area contributed by atoms with E-state index in [1.54, 1.807) is 0 Å². The van der Waals surface area contributed by atoms with Crippen LogP contribution in [0.15, 0.2) is 0 Å². The van der Waals surface area contributed by atoms with Gasteiger partial charge in [0.05, 0.1) is 26.4 Å². The number of aliphatic hydroxyl groups excluding tert-OH is 1. The molecule has 0 saturated carbocycles. The molecule has 0 rings (SSSR count). The summed E-state index contributed by atoms with van der Waals surface area (Å²) in [5.74, 6) is 0.218. The first-order valence-electron chi connectivity index (χ1n) is 41.4. The van der Waals surface area contributed by atoms with Gasteiger partial charge in [0.1, 0.15) is 19.3 Å². The molecule has 0 spiro atoms. The summed E-state index contributed by atoms with van der Waals surface area (Å²) in [5, 5.41) is 10.6. The Bertz CT molecular complexity index is 1920. The monoisotopic (exact) mass is 1450 g/mol. The SMILES string of the molecule is CCCCCCCCCCCCCCCC(=O)O[C@H](COC(=O)CCCCCCCCC(C)C)COP(=O)(O)OC[C@H](O)COP(=O)(O)OC[C@@H](COC(=O)CCCCCCCCCCCCCCC(C)C)OC(=O)CCCCCCCCCCCCCCCCCCCCC(C)CC. The second kappa shape index (κ2) is 70.4. The fourth-order valence-corrected chi connectivity index (χ4v) is 13.9. The van der Waals surface area contributed by atoms with Gasteiger partial charge in [0.25, 0.3) is 0 Å². The molecule has 0 aliphatic carbocycles. The molecule has 0 saturated heterocycles. The Morgan fingerprint density at radius 1 is 0.293 bits per heavy atom. The van der Waals surface area contributed by atoms with Crippen molar-refractivity contribution in [3.63, 3.8) is 0 Å². The van der Waals surface area contributed by atoms with Gasteiger partial charge >= 0.3 is 39.5 Å². The van der Waals surface area contributed by atoms with Crippen molar-refractivity contribution in [1.29, 1.82) is 0 Å². The number of ether oxygens (including phenoxy) is 4. The molecule has 0 aliphatic rings. The Kier molecular flexibility index (Phi) is 69.0. The summed E-state index contributed by atoms with van der Waals surface area (Å²) in [6, 6.07) is 0. The van der Waals surface area contributed by atoms with Crippen LogP contribution in [0, 0.1) is 17.8 Å². The third-order valence-electron chi connectivity index (χ3n) is 19.0. The number of esters is 4. The van der Waals surface area contributed by atoms with Crippen LogP contribution in [-0.4, -0.2) is 96.7 Å². The van der Waals surface area contributed by atoms with Crippen molar-refractivity contribution in [3.05, 3.63) is 0 Å². The van der Waals surface area contributed by atoms with Gasteiger partial charge in [-0.25, -0.2) is 9.13 Å². The molecule has 99 heavy (non-hydrogen) atoms. The van der Waals surface area contributed by atoms with Gasteiger partial charge in [0, 0.05) is 25.7 Å². The maximum Gasteiger partial charge on any atom is 0.472 e. The van der Waals surface area contributed by atoms with E-state index in [0.717, 1.165) is 108 Å². The highest BCUT2D eigenvalue weighted by Crippen LogP contribution is 2.45. The molecule has 0 amide bonds. The molecular formula is C80H156O17P2. The topological polar surface area (TPSA) is 237 Å². The van der Waals surface area contributed by atoms with E-state index in [1.807, 2.05) is 0 Å². The Labute approximate surface area is 607 Å². The molecule has 0 aromatic heterocycles. The third-order valence-corrected chi connectivity index (χ3v) is 20.9. The van der Waals surface area contributed by atoms with Crippen LogP contribution >= 0.6 is 15.6 Å². The van der Waals surface area contributed by atoms with E-state index < -0.39 is 97.5 Å². The minimum atomic E-state index is -4.96. The number of carbonyl (C=O) groups excluding carboxylic acids is 4. The summed E-state index contributed by atoms with van der Waals surface area (Å²) >= 11 is 0. The Balaban J connectivity index is 5.20. The fourth-order valence-electron chi connectivity index (χ4n) is 12.3. The van der Waals surface area contributed by atoms with Crippen LogP contribution in [0.2, 0.25) is 0 Å². The lowest BCUT2D eigenvalue weighted by molar-refractivity contribution is -0.161. The smallest absolute Gasteiger partial charge is 0.462 e. The molecule has 6 atom stereocenters. The number of phosphoric ester groups is 2. The molecule has 0 radical (unpaired) electrons. The van der Waals surface area contributed by atoms with E-state index in [0.29, 0.717) is 31.6 Å². The van der Waals surface area contributed by atoms with Gasteiger partial charge in [0.2, 0.25) is 0 Å². The van der Waals surface area contributed by atoms with E-state index >= 15 is 0 Å². The number of aliphatic hydroxyl groups is 1. The van der Waals surface area contributed by atoms with E-state index in [2.05, 4.69) is 48.5 Å². The highest BCUT2D eigenvalue weighted by Gasteiger charge is 2.30. The van der Waals surface area contributed by atoms with Crippen molar-refractivity contribution >= 4 is 39.5 Å². The summed E-state index contributed by atoms with van der Waals surface area (Å²) in [6.45, 7) is 11.9. The number of rotatable bonds is 78. The van der Waals surface area contributed by atoms with E-state index in [1.165, 1.54) is 218 Å². The summed E-state index contributed by atoms with van der Waals surface area (Å²) in [5.41, 5.74) is 0. The number of carbonyl (C=O) groups is 4. The van der Waals surface area contributed by atoms with Crippen molar-refractivity contribution in [2.24, 2.45) is 17.8 Å². The average Bonchev–Trinajstić information content (AvgIpc) is 1.03. The van der Waals surface area contributed by atoms with Crippen LogP contribution in [0.25, 0.3) is 0 Å². The first kappa shape index (κ1) is 97.1. The van der Waals surface area contributed by atoms with Crippen LogP contribution in [0.1, 0.15) is 414 Å². The van der Waals surface area contributed by atoms with E-state index in [9.17, 15) is 43.2 Å². The minimum Gasteiger partial charge on any atom is -0.462 e. The standard InChI is InChI=1S/C80H156O17P2/c1-8-10-11-12-13-14-15-22-30-35-40-49-56-63-80(85)97-76(68-91-78(83)62-55-48-43-42-45-52-59-72(5)6)70-95-99(88,89)93-66-74(81)65-92-98(86,87)94-69-75(67-90-77(82)61-54-47-39-34-29-26-25-27-32-37-44-51-58-71(3)4)96-79(84)64-57-50-41-36-31-24-21-19-17-16-18-20-23-28-33-38-46-53-60-73(7)9-2/h71-76,81H,8-70H2,1-7H3,(H,86,87)(H,88,89)/t73?,74-,75-,76-/m1/s1. The normalized spacial score (nSPS) is 14.3. The van der Waals surface area contributed by atoms with Crippen LogP contribution in [-0.2, 0) is 65.4 Å². The molecule has 0 bridgehead atoms. The van der Waals surface area contributed by atoms with Gasteiger partial charge in [-0.2, -0.15) is 0 Å². The summed E-state index contributed by atoms with van der Waals surface area (Å²) < 4.78 is 68.6. The van der Waals surface area contributed by atoms with Gasteiger partial charge in [-0.1, -0.05) is 363 Å². The second-order valence-corrected chi connectivity index (χ2v) is 32.9. The molecule has 0 aromatic carbocycles. The first-order chi connectivity index (χ1) is 47.8. The predicted octanol–water partition coefficient (Wildman–Crippen LogP) is 23.7. The minimum absolute atomic E-state index is 0.107. The van der Waals surface area contributed by atoms with Gasteiger partial charge in [-0.05, 0) is 43.4 Å². The third kappa shape index (κ3) is 72.8. The zero-order valence-corrected chi connectivity index (χ0v) is 66.8. The molecule has 3 unspecified atom stereocenters. The van der Waals surface area contributed by atoms with E-state index in [4.69, 9.17) is 37.0 Å². The molecule has 0 aromatic rings. The highest BCUT2D eigenvalue weighted by molar-refractivity contribution is 7.47. The number of hydrogen-bond donors (Lipinski definition) is 3. The van der Waals surface area contributed by atoms with Gasteiger partial charge in [0.15, 0.2) is 12.2 Å². The largest absolute Gasteiger partial charge is 0.472 e. The van der Waals surface area contributed by atoms with Crippen molar-refractivity contribution in [1.82, 2.24) is 0 Å². The van der Waals surface area contributed by atoms with Gasteiger partial charge in [-0.3, -0.25) is 37.3 Å². The van der Waals surface area contributed by atoms with Crippen LogP contribution in [0.5, 0.6) is 0 Å². The predicted molar refractivity (Wildman–Crippen MR) is 405 cm³/mol. The van der Waals surface area contributed by atoms with Crippen molar-refractivity contribution in [3.8, 4) is 0 Å². The molecule has 17 nitrogen and oxygen atoms in total. The number of unbranched alkanes of at least 4 members (excludes halogenated alkanes) is 45. The molecule has 0 fully saturated rings. The molecule has 3 N–H and O–H groups in total. The van der Waals surface area contributed by atoms with Crippen LogP contribution in [0.4, 0.5) is 0 Å². The highest BCUT2D eigenvalue weighted by atomic mass is 31.2. The lowest BCUT2D eigenvalue weighted by Gasteiger charge is -2.21. The average molecular weight is 1450 g/mol. The zero-order chi connectivity index (χ0) is 73.0. The molecule has 588 valence electrons. The maximum atomic E-state index is 13.1.